The van der Waals surface area contributed by atoms with E-state index in [-0.39, 0.29) is 11.6 Å². The molecule has 0 saturated heterocycles. The molecule has 120 valence electrons. The first-order chi connectivity index (χ1) is 11.6. The molecule has 0 radical (unpaired) electrons. The molecule has 0 saturated carbocycles. The van der Waals surface area contributed by atoms with Crippen LogP contribution >= 0.6 is 11.8 Å². The quantitative estimate of drug-likeness (QED) is 0.429. The van der Waals surface area contributed by atoms with Gasteiger partial charge in [-0.3, -0.25) is 4.79 Å². The number of anilines is 1. The van der Waals surface area contributed by atoms with E-state index in [2.05, 4.69) is 9.97 Å². The summed E-state index contributed by atoms with van der Waals surface area (Å²) < 4.78 is 0. The number of hydrogen-bond acceptors (Lipinski definition) is 5. The Bertz CT molecular complexity index is 851. The maximum absolute atomic E-state index is 12.0. The van der Waals surface area contributed by atoms with Crippen LogP contribution in [0, 0.1) is 0 Å². The number of nitrogen functional groups attached to an aromatic ring is 1. The highest BCUT2D eigenvalue weighted by molar-refractivity contribution is 7.98. The van der Waals surface area contributed by atoms with E-state index in [9.17, 15) is 4.79 Å². The zero-order chi connectivity index (χ0) is 16.9. The standard InChI is InChI=1S/C19H17N3OS/c1-13(23)16-17(20)21-18(15-10-6-3-7-11-15)22-19(16)24-12-14-8-4-2-5-9-14/h2-11H,12H2,1H3,(H2,20,21,22). The first-order valence-corrected chi connectivity index (χ1v) is 8.54. The molecule has 4 nitrogen and oxygen atoms in total. The molecule has 2 N–H and O–H groups in total. The molecule has 3 aromatic rings. The van der Waals surface area contributed by atoms with E-state index in [1.165, 1.54) is 18.7 Å². The zero-order valence-corrected chi connectivity index (χ0v) is 14.1. The summed E-state index contributed by atoms with van der Waals surface area (Å²) in [5.74, 6) is 1.36. The zero-order valence-electron chi connectivity index (χ0n) is 13.3. The minimum atomic E-state index is -0.123. The third-order valence-electron chi connectivity index (χ3n) is 3.51. The molecule has 0 atom stereocenters. The second-order valence-corrected chi connectivity index (χ2v) is 6.27. The molecule has 0 aliphatic heterocycles. The Labute approximate surface area is 145 Å². The number of hydrogen-bond donors (Lipinski definition) is 1. The molecular formula is C19H17N3OS. The largest absolute Gasteiger partial charge is 0.383 e. The average Bonchev–Trinajstić information content (AvgIpc) is 2.60. The molecular weight excluding hydrogens is 318 g/mol. The number of aromatic nitrogens is 2. The fourth-order valence-electron chi connectivity index (χ4n) is 2.33. The molecule has 0 unspecified atom stereocenters. The second kappa shape index (κ2) is 7.27. The molecule has 0 fully saturated rings. The molecule has 0 bridgehead atoms. The van der Waals surface area contributed by atoms with Gasteiger partial charge in [-0.1, -0.05) is 60.7 Å². The Hall–Kier alpha value is -2.66. The predicted octanol–water partition coefficient (Wildman–Crippen LogP) is 4.22. The van der Waals surface area contributed by atoms with E-state index in [0.717, 1.165) is 11.1 Å². The van der Waals surface area contributed by atoms with Gasteiger partial charge in [0.05, 0.1) is 5.56 Å². The Balaban J connectivity index is 1.98. The number of nitrogens with two attached hydrogens (primary N) is 1. The molecule has 1 heterocycles. The highest BCUT2D eigenvalue weighted by Crippen LogP contribution is 2.30. The van der Waals surface area contributed by atoms with Crippen molar-refractivity contribution < 1.29 is 4.79 Å². The van der Waals surface area contributed by atoms with Crippen molar-refractivity contribution in [3.8, 4) is 11.4 Å². The van der Waals surface area contributed by atoms with Crippen molar-refractivity contribution in [2.24, 2.45) is 0 Å². The van der Waals surface area contributed by atoms with Crippen LogP contribution in [0.4, 0.5) is 5.82 Å². The van der Waals surface area contributed by atoms with Gasteiger partial charge >= 0.3 is 0 Å². The van der Waals surface area contributed by atoms with Gasteiger partial charge in [-0.15, -0.1) is 11.8 Å². The number of ketones is 1. The van der Waals surface area contributed by atoms with Crippen molar-refractivity contribution in [2.45, 2.75) is 17.7 Å². The lowest BCUT2D eigenvalue weighted by molar-refractivity contribution is 0.101. The Morgan fingerprint density at radius 1 is 1.00 bits per heavy atom. The topological polar surface area (TPSA) is 68.9 Å². The summed E-state index contributed by atoms with van der Waals surface area (Å²) in [6.45, 7) is 1.49. The van der Waals surface area contributed by atoms with E-state index >= 15 is 0 Å². The van der Waals surface area contributed by atoms with Crippen LogP contribution in [0.15, 0.2) is 65.7 Å². The van der Waals surface area contributed by atoms with Crippen molar-refractivity contribution in [1.29, 1.82) is 0 Å². The van der Waals surface area contributed by atoms with Gasteiger partial charge in [0.1, 0.15) is 10.8 Å². The molecule has 3 rings (SSSR count). The minimum Gasteiger partial charge on any atom is -0.383 e. The van der Waals surface area contributed by atoms with Gasteiger partial charge in [0.15, 0.2) is 11.6 Å². The fourth-order valence-corrected chi connectivity index (χ4v) is 3.37. The minimum absolute atomic E-state index is 0.123. The van der Waals surface area contributed by atoms with Crippen molar-refractivity contribution in [3.05, 3.63) is 71.8 Å². The van der Waals surface area contributed by atoms with E-state index < -0.39 is 0 Å². The number of nitrogens with zero attached hydrogens (tertiary/aromatic N) is 2. The second-order valence-electron chi connectivity index (χ2n) is 5.31. The molecule has 1 aromatic heterocycles. The van der Waals surface area contributed by atoms with Crippen LogP contribution in [0.3, 0.4) is 0 Å². The molecule has 24 heavy (non-hydrogen) atoms. The van der Waals surface area contributed by atoms with Crippen molar-refractivity contribution >= 4 is 23.4 Å². The number of carbonyl (C=O) groups excluding carboxylic acids is 1. The summed E-state index contributed by atoms with van der Waals surface area (Å²) in [7, 11) is 0. The normalized spacial score (nSPS) is 10.5. The van der Waals surface area contributed by atoms with Crippen molar-refractivity contribution in [1.82, 2.24) is 9.97 Å². The number of benzene rings is 2. The molecule has 0 amide bonds. The van der Waals surface area contributed by atoms with Crippen molar-refractivity contribution in [2.75, 3.05) is 5.73 Å². The lowest BCUT2D eigenvalue weighted by Gasteiger charge is -2.11. The van der Waals surface area contributed by atoms with Crippen LogP contribution in [0.5, 0.6) is 0 Å². The predicted molar refractivity (Wildman–Crippen MR) is 97.9 cm³/mol. The molecule has 0 spiro atoms. The third kappa shape index (κ3) is 3.63. The maximum atomic E-state index is 12.0. The summed E-state index contributed by atoms with van der Waals surface area (Å²) >= 11 is 1.50. The Morgan fingerprint density at radius 3 is 2.25 bits per heavy atom. The van der Waals surface area contributed by atoms with Crippen molar-refractivity contribution in [3.63, 3.8) is 0 Å². The molecule has 2 aromatic carbocycles. The van der Waals surface area contributed by atoms with Gasteiger partial charge in [0.25, 0.3) is 0 Å². The van der Waals surface area contributed by atoms with Crippen LogP contribution < -0.4 is 5.73 Å². The number of Topliss-reactive ketones (excluding diaryl/α,β-unsaturated/α-hetero) is 1. The van der Waals surface area contributed by atoms with Gasteiger partial charge in [-0.05, 0) is 12.5 Å². The SMILES string of the molecule is CC(=O)c1c(N)nc(-c2ccccc2)nc1SCc1ccccc1. The molecule has 0 aliphatic carbocycles. The van der Waals surface area contributed by atoms with Gasteiger partial charge in [0.2, 0.25) is 0 Å². The van der Waals surface area contributed by atoms with E-state index in [1.54, 1.807) is 0 Å². The van der Waals surface area contributed by atoms with E-state index in [4.69, 9.17) is 5.73 Å². The third-order valence-corrected chi connectivity index (χ3v) is 4.55. The van der Waals surface area contributed by atoms with Gasteiger partial charge in [-0.2, -0.15) is 0 Å². The number of rotatable bonds is 5. The maximum Gasteiger partial charge on any atom is 0.166 e. The van der Waals surface area contributed by atoms with E-state index in [1.807, 2.05) is 60.7 Å². The van der Waals surface area contributed by atoms with E-state index in [0.29, 0.717) is 22.2 Å². The van der Waals surface area contributed by atoms with Gasteiger partial charge < -0.3 is 5.73 Å². The summed E-state index contributed by atoms with van der Waals surface area (Å²) in [5.41, 5.74) is 8.48. The smallest absolute Gasteiger partial charge is 0.166 e. The summed E-state index contributed by atoms with van der Waals surface area (Å²) in [5, 5.41) is 0.623. The van der Waals surface area contributed by atoms with Crippen LogP contribution in [0.25, 0.3) is 11.4 Å². The highest BCUT2D eigenvalue weighted by atomic mass is 32.2. The molecule has 5 heteroatoms. The van der Waals surface area contributed by atoms with Crippen LogP contribution in [-0.4, -0.2) is 15.8 Å². The van der Waals surface area contributed by atoms with Crippen LogP contribution in [0.1, 0.15) is 22.8 Å². The number of carbonyl (C=O) groups is 1. The monoisotopic (exact) mass is 335 g/mol. The summed E-state index contributed by atoms with van der Waals surface area (Å²) in [4.78, 5) is 20.9. The van der Waals surface area contributed by atoms with Gasteiger partial charge in [-0.25, -0.2) is 9.97 Å². The summed E-state index contributed by atoms with van der Waals surface area (Å²) in [6.07, 6.45) is 0. The lowest BCUT2D eigenvalue weighted by Crippen LogP contribution is -2.08. The first kappa shape index (κ1) is 16.2. The lowest BCUT2D eigenvalue weighted by atomic mass is 10.2. The van der Waals surface area contributed by atoms with Gasteiger partial charge in [0, 0.05) is 11.3 Å². The Morgan fingerprint density at radius 2 is 1.62 bits per heavy atom. The van der Waals surface area contributed by atoms with Crippen LogP contribution in [0.2, 0.25) is 0 Å². The average molecular weight is 335 g/mol. The summed E-state index contributed by atoms with van der Waals surface area (Å²) in [6, 6.07) is 19.7. The fraction of sp³-hybridized carbons (Fsp3) is 0.105. The number of thioether (sulfide) groups is 1. The highest BCUT2D eigenvalue weighted by Gasteiger charge is 2.17. The first-order valence-electron chi connectivity index (χ1n) is 7.55. The molecule has 0 aliphatic rings. The Kier molecular flexibility index (Phi) is 4.91. The van der Waals surface area contributed by atoms with Crippen LogP contribution in [-0.2, 0) is 5.75 Å².